The van der Waals surface area contributed by atoms with Gasteiger partial charge in [0.2, 0.25) is 0 Å². The summed E-state index contributed by atoms with van der Waals surface area (Å²) in [5.41, 5.74) is 7.71. The van der Waals surface area contributed by atoms with Gasteiger partial charge in [-0.05, 0) is 86.2 Å². The predicted molar refractivity (Wildman–Crippen MR) is 106 cm³/mol. The molecule has 25 heavy (non-hydrogen) atoms. The monoisotopic (exact) mass is 343 g/mol. The summed E-state index contributed by atoms with van der Waals surface area (Å²) in [7, 11) is 0. The standard InChI is InChI=1S/C23H21NS/c1-17-3-10-21(11-4-17)22-12-7-19(8-13-22)5-6-20-9-14-23(25-16-24)18(2)15-20/h3,7,9-10,12,14-15H,4,8,11,13H2,1-2H3. The maximum Gasteiger partial charge on any atom is 0.138 e. The van der Waals surface area contributed by atoms with Crippen molar-refractivity contribution in [3.05, 3.63) is 75.9 Å². The molecule has 0 fully saturated rings. The Morgan fingerprint density at radius 3 is 2.24 bits per heavy atom. The number of benzene rings is 1. The van der Waals surface area contributed by atoms with Crippen molar-refractivity contribution in [1.82, 2.24) is 0 Å². The van der Waals surface area contributed by atoms with Crippen LogP contribution in [0.1, 0.15) is 43.7 Å². The summed E-state index contributed by atoms with van der Waals surface area (Å²) in [6.45, 7) is 4.22. The number of thiocyanates is 1. The molecule has 0 heterocycles. The summed E-state index contributed by atoms with van der Waals surface area (Å²) in [5, 5.41) is 10.9. The quantitative estimate of drug-likeness (QED) is 0.361. The fraction of sp³-hybridized carbons (Fsp3) is 0.261. The molecular formula is C23H21NS. The van der Waals surface area contributed by atoms with E-state index in [1.165, 1.54) is 40.5 Å². The maximum absolute atomic E-state index is 8.78. The largest absolute Gasteiger partial charge is 0.185 e. The molecule has 1 aromatic carbocycles. The molecule has 0 amide bonds. The van der Waals surface area contributed by atoms with Crippen molar-refractivity contribution < 1.29 is 0 Å². The first-order valence-corrected chi connectivity index (χ1v) is 9.42. The average molecular weight is 343 g/mol. The zero-order valence-electron chi connectivity index (χ0n) is 14.7. The van der Waals surface area contributed by atoms with E-state index in [2.05, 4.69) is 54.5 Å². The highest BCUT2D eigenvalue weighted by molar-refractivity contribution is 8.03. The first-order valence-electron chi connectivity index (χ1n) is 8.61. The second-order valence-electron chi connectivity index (χ2n) is 6.51. The Balaban J connectivity index is 1.72. The molecule has 0 bridgehead atoms. The minimum absolute atomic E-state index is 1.00. The van der Waals surface area contributed by atoms with Gasteiger partial charge in [-0.2, -0.15) is 5.26 Å². The third kappa shape index (κ3) is 4.56. The van der Waals surface area contributed by atoms with Crippen LogP contribution in [0.5, 0.6) is 0 Å². The van der Waals surface area contributed by atoms with E-state index in [0.717, 1.165) is 35.3 Å². The molecule has 3 rings (SSSR count). The van der Waals surface area contributed by atoms with Crippen molar-refractivity contribution >= 4 is 11.8 Å². The SMILES string of the molecule is CC1=CC=C(C2=CC=C(C#Cc3ccc(SC#N)c(C)c3)CC2)CC1. The van der Waals surface area contributed by atoms with Gasteiger partial charge in [-0.25, -0.2) is 0 Å². The molecule has 0 unspecified atom stereocenters. The lowest BCUT2D eigenvalue weighted by atomic mass is 9.87. The van der Waals surface area contributed by atoms with Crippen LogP contribution in [0, 0.1) is 29.4 Å². The molecule has 0 aliphatic heterocycles. The predicted octanol–water partition coefficient (Wildman–Crippen LogP) is 6.23. The zero-order valence-corrected chi connectivity index (χ0v) is 15.5. The minimum Gasteiger partial charge on any atom is -0.185 e. The Kier molecular flexibility index (Phi) is 5.64. The Hall–Kier alpha value is -2.42. The van der Waals surface area contributed by atoms with E-state index in [-0.39, 0.29) is 0 Å². The lowest BCUT2D eigenvalue weighted by Gasteiger charge is -2.17. The number of allylic oxidation sites excluding steroid dienone is 8. The van der Waals surface area contributed by atoms with Crippen molar-refractivity contribution in [2.45, 2.75) is 44.4 Å². The van der Waals surface area contributed by atoms with Crippen molar-refractivity contribution in [3.63, 3.8) is 0 Å². The van der Waals surface area contributed by atoms with Crippen LogP contribution < -0.4 is 0 Å². The van der Waals surface area contributed by atoms with E-state index in [9.17, 15) is 0 Å². The number of hydrogen-bond donors (Lipinski definition) is 0. The smallest absolute Gasteiger partial charge is 0.138 e. The summed E-state index contributed by atoms with van der Waals surface area (Å²) in [5.74, 6) is 6.57. The van der Waals surface area contributed by atoms with Crippen molar-refractivity contribution in [1.29, 1.82) is 5.26 Å². The van der Waals surface area contributed by atoms with Gasteiger partial charge < -0.3 is 0 Å². The molecule has 0 saturated heterocycles. The Bertz CT molecular complexity index is 908. The highest BCUT2D eigenvalue weighted by Crippen LogP contribution is 2.30. The van der Waals surface area contributed by atoms with Crippen molar-refractivity contribution in [2.24, 2.45) is 0 Å². The molecule has 2 aliphatic carbocycles. The number of nitrogens with zero attached hydrogens (tertiary/aromatic N) is 1. The van der Waals surface area contributed by atoms with E-state index in [4.69, 9.17) is 5.26 Å². The van der Waals surface area contributed by atoms with E-state index >= 15 is 0 Å². The maximum atomic E-state index is 8.78. The van der Waals surface area contributed by atoms with Crippen LogP contribution in [0.2, 0.25) is 0 Å². The third-order valence-corrected chi connectivity index (χ3v) is 5.39. The normalized spacial score (nSPS) is 16.5. The molecule has 0 radical (unpaired) electrons. The fourth-order valence-corrected chi connectivity index (χ4v) is 3.52. The molecule has 2 aliphatic rings. The second-order valence-corrected chi connectivity index (χ2v) is 7.34. The third-order valence-electron chi connectivity index (χ3n) is 4.62. The van der Waals surface area contributed by atoms with E-state index in [0.29, 0.717) is 0 Å². The molecule has 124 valence electrons. The lowest BCUT2D eigenvalue weighted by molar-refractivity contribution is 0.861. The average Bonchev–Trinajstić information content (AvgIpc) is 2.63. The minimum atomic E-state index is 1.00. The Labute approximate surface area is 154 Å². The first kappa shape index (κ1) is 17.4. The number of rotatable bonds is 2. The van der Waals surface area contributed by atoms with Gasteiger partial charge >= 0.3 is 0 Å². The number of thioether (sulfide) groups is 1. The molecule has 0 saturated carbocycles. The van der Waals surface area contributed by atoms with Gasteiger partial charge in [0.15, 0.2) is 0 Å². The van der Waals surface area contributed by atoms with Crippen LogP contribution in [-0.2, 0) is 0 Å². The van der Waals surface area contributed by atoms with Gasteiger partial charge in [-0.3, -0.25) is 0 Å². The van der Waals surface area contributed by atoms with Gasteiger partial charge in [-0.15, -0.1) is 0 Å². The summed E-state index contributed by atoms with van der Waals surface area (Å²) in [4.78, 5) is 1.00. The van der Waals surface area contributed by atoms with Gasteiger partial charge in [0.1, 0.15) is 5.40 Å². The Morgan fingerprint density at radius 1 is 0.880 bits per heavy atom. The van der Waals surface area contributed by atoms with Gasteiger partial charge in [0.05, 0.1) is 0 Å². The van der Waals surface area contributed by atoms with Crippen LogP contribution in [-0.4, -0.2) is 0 Å². The summed E-state index contributed by atoms with van der Waals surface area (Å²) < 4.78 is 0. The highest BCUT2D eigenvalue weighted by Gasteiger charge is 2.11. The fourth-order valence-electron chi connectivity index (χ4n) is 3.06. The van der Waals surface area contributed by atoms with Gasteiger partial charge in [-0.1, -0.05) is 41.7 Å². The lowest BCUT2D eigenvalue weighted by Crippen LogP contribution is -1.99. The topological polar surface area (TPSA) is 23.8 Å². The van der Waals surface area contributed by atoms with Gasteiger partial charge in [0.25, 0.3) is 0 Å². The molecule has 0 aromatic heterocycles. The van der Waals surface area contributed by atoms with Gasteiger partial charge in [0, 0.05) is 16.0 Å². The zero-order chi connectivity index (χ0) is 17.6. The molecule has 1 aromatic rings. The van der Waals surface area contributed by atoms with Crippen molar-refractivity contribution in [3.8, 4) is 17.2 Å². The van der Waals surface area contributed by atoms with Crippen LogP contribution in [0.15, 0.2) is 69.7 Å². The summed E-state index contributed by atoms with van der Waals surface area (Å²) >= 11 is 1.20. The molecule has 2 heteroatoms. The number of aryl methyl sites for hydroxylation is 1. The molecule has 0 atom stereocenters. The molecule has 1 nitrogen and oxygen atoms in total. The number of nitriles is 1. The molecular weight excluding hydrogens is 322 g/mol. The molecule has 0 N–H and O–H groups in total. The highest BCUT2D eigenvalue weighted by atomic mass is 32.2. The number of hydrogen-bond acceptors (Lipinski definition) is 2. The van der Waals surface area contributed by atoms with Crippen molar-refractivity contribution in [2.75, 3.05) is 0 Å². The van der Waals surface area contributed by atoms with Crippen LogP contribution >= 0.6 is 11.8 Å². The van der Waals surface area contributed by atoms with Crippen LogP contribution in [0.4, 0.5) is 0 Å². The Morgan fingerprint density at radius 2 is 1.64 bits per heavy atom. The van der Waals surface area contributed by atoms with E-state index in [1.807, 2.05) is 19.1 Å². The first-order chi connectivity index (χ1) is 12.2. The summed E-state index contributed by atoms with van der Waals surface area (Å²) in [6, 6.07) is 6.02. The van der Waals surface area contributed by atoms with Crippen LogP contribution in [0.25, 0.3) is 0 Å². The second kappa shape index (κ2) is 8.11. The van der Waals surface area contributed by atoms with E-state index < -0.39 is 0 Å². The molecule has 0 spiro atoms. The van der Waals surface area contributed by atoms with Crippen LogP contribution in [0.3, 0.4) is 0 Å². The van der Waals surface area contributed by atoms with E-state index in [1.54, 1.807) is 0 Å². The summed E-state index contributed by atoms with van der Waals surface area (Å²) in [6.07, 6.45) is 13.4.